The maximum Gasteiger partial charge on any atom is 0.264 e. The van der Waals surface area contributed by atoms with Crippen LogP contribution in [-0.4, -0.2) is 18.7 Å². The molecule has 17 heavy (non-hydrogen) atoms. The highest BCUT2D eigenvalue weighted by molar-refractivity contribution is 7.85. The lowest BCUT2D eigenvalue weighted by Crippen LogP contribution is -2.03. The number of hydrogen-bond acceptors (Lipinski definition) is 2. The molecule has 0 aliphatic heterocycles. The first-order valence-corrected chi connectivity index (χ1v) is 8.12. The quantitative estimate of drug-likeness (QED) is 0.444. The van der Waals surface area contributed by atoms with Gasteiger partial charge in [-0.2, -0.15) is 8.42 Å². The molecule has 0 aromatic rings. The molecule has 0 saturated carbocycles. The summed E-state index contributed by atoms with van der Waals surface area (Å²) in [5, 5.41) is 0. The van der Waals surface area contributed by atoms with Crippen LogP contribution in [0.4, 0.5) is 0 Å². The Balaban J connectivity index is 0. The third-order valence-electron chi connectivity index (χ3n) is 2.76. The molecule has 0 radical (unpaired) electrons. The summed E-state index contributed by atoms with van der Waals surface area (Å²) in [5.74, 6) is -0.0799. The van der Waals surface area contributed by atoms with Crippen molar-refractivity contribution in [3.63, 3.8) is 0 Å². The zero-order chi connectivity index (χ0) is 12.3. The Morgan fingerprint density at radius 2 is 1.12 bits per heavy atom. The zero-order valence-corrected chi connectivity index (χ0v) is 11.3. The number of rotatable bonds is 11. The third-order valence-corrected chi connectivity index (χ3v) is 3.56. The molecule has 0 spiro atoms. The van der Waals surface area contributed by atoms with Crippen molar-refractivity contribution in [2.75, 3.05) is 5.75 Å². The summed E-state index contributed by atoms with van der Waals surface area (Å²) in [4.78, 5) is 0. The topological polar surface area (TPSA) is 54.4 Å². The molecule has 0 atom stereocenters. The molecule has 0 saturated heterocycles. The molecule has 4 heteroatoms. The molecule has 0 bridgehead atoms. The van der Waals surface area contributed by atoms with Crippen molar-refractivity contribution in [3.05, 3.63) is 0 Å². The van der Waals surface area contributed by atoms with Gasteiger partial charge < -0.3 is 0 Å². The second-order valence-corrected chi connectivity index (χ2v) is 6.04. The van der Waals surface area contributed by atoms with Crippen LogP contribution in [0.2, 0.25) is 0 Å². The standard InChI is InChI=1S/C12H26O3S.CH4/c1-2-3-4-5-6-7-8-9-10-11-12-16(13,14)15;/h2-12H2,1H3,(H,13,14,15);1H4. The van der Waals surface area contributed by atoms with Gasteiger partial charge >= 0.3 is 0 Å². The van der Waals surface area contributed by atoms with Crippen molar-refractivity contribution in [1.82, 2.24) is 0 Å². The lowest BCUT2D eigenvalue weighted by Gasteiger charge is -2.01. The van der Waals surface area contributed by atoms with Gasteiger partial charge in [-0.1, -0.05) is 72.1 Å². The van der Waals surface area contributed by atoms with Gasteiger partial charge in [-0.3, -0.25) is 4.55 Å². The summed E-state index contributed by atoms with van der Waals surface area (Å²) < 4.78 is 29.4. The van der Waals surface area contributed by atoms with Gasteiger partial charge in [0.1, 0.15) is 0 Å². The highest BCUT2D eigenvalue weighted by atomic mass is 32.2. The molecule has 0 aliphatic rings. The lowest BCUT2D eigenvalue weighted by molar-refractivity contribution is 0.478. The van der Waals surface area contributed by atoms with E-state index in [1.807, 2.05) is 0 Å². The predicted octanol–water partition coefficient (Wildman–Crippen LogP) is 4.43. The van der Waals surface area contributed by atoms with Crippen molar-refractivity contribution >= 4 is 10.1 Å². The van der Waals surface area contributed by atoms with Gasteiger partial charge in [-0.15, -0.1) is 0 Å². The molecule has 0 heterocycles. The molecule has 0 aliphatic carbocycles. The van der Waals surface area contributed by atoms with E-state index in [1.54, 1.807) is 0 Å². The van der Waals surface area contributed by atoms with E-state index in [4.69, 9.17) is 4.55 Å². The second kappa shape index (κ2) is 12.4. The van der Waals surface area contributed by atoms with Crippen LogP contribution in [-0.2, 0) is 10.1 Å². The van der Waals surface area contributed by atoms with Crippen molar-refractivity contribution in [2.45, 2.75) is 78.6 Å². The van der Waals surface area contributed by atoms with Crippen LogP contribution in [0.25, 0.3) is 0 Å². The zero-order valence-electron chi connectivity index (χ0n) is 10.5. The molecule has 106 valence electrons. The monoisotopic (exact) mass is 266 g/mol. The highest BCUT2D eigenvalue weighted by Gasteiger charge is 2.02. The fourth-order valence-electron chi connectivity index (χ4n) is 1.77. The van der Waals surface area contributed by atoms with Crippen molar-refractivity contribution < 1.29 is 13.0 Å². The summed E-state index contributed by atoms with van der Waals surface area (Å²) in [6.07, 6.45) is 11.7. The van der Waals surface area contributed by atoms with E-state index >= 15 is 0 Å². The first-order valence-electron chi connectivity index (χ1n) is 6.51. The van der Waals surface area contributed by atoms with E-state index in [9.17, 15) is 8.42 Å². The van der Waals surface area contributed by atoms with Crippen molar-refractivity contribution in [1.29, 1.82) is 0 Å². The average molecular weight is 266 g/mol. The summed E-state index contributed by atoms with van der Waals surface area (Å²) in [6.45, 7) is 2.22. The van der Waals surface area contributed by atoms with Crippen LogP contribution in [0.3, 0.4) is 0 Å². The Labute approximate surface area is 108 Å². The maximum absolute atomic E-state index is 10.4. The molecule has 0 aromatic heterocycles. The molecule has 0 fully saturated rings. The normalized spacial score (nSPS) is 11.2. The smallest absolute Gasteiger partial charge is 0.264 e. The summed E-state index contributed by atoms with van der Waals surface area (Å²) in [6, 6.07) is 0. The van der Waals surface area contributed by atoms with E-state index < -0.39 is 10.1 Å². The summed E-state index contributed by atoms with van der Waals surface area (Å²) in [5.41, 5.74) is 0. The second-order valence-electron chi connectivity index (χ2n) is 4.47. The van der Waals surface area contributed by atoms with Gasteiger partial charge in [0.25, 0.3) is 10.1 Å². The lowest BCUT2D eigenvalue weighted by atomic mass is 10.1. The molecule has 3 nitrogen and oxygen atoms in total. The van der Waals surface area contributed by atoms with E-state index in [0.29, 0.717) is 6.42 Å². The Morgan fingerprint density at radius 3 is 1.47 bits per heavy atom. The molecule has 0 unspecified atom stereocenters. The van der Waals surface area contributed by atoms with Crippen LogP contribution in [0.5, 0.6) is 0 Å². The molecular formula is C13H30O3S. The first-order chi connectivity index (χ1) is 7.56. The predicted molar refractivity (Wildman–Crippen MR) is 75.0 cm³/mol. The van der Waals surface area contributed by atoms with Gasteiger partial charge in [0, 0.05) is 0 Å². The number of hydrogen-bond donors (Lipinski definition) is 1. The molecule has 1 N–H and O–H groups in total. The minimum Gasteiger partial charge on any atom is -0.286 e. The fraction of sp³-hybridized carbons (Fsp3) is 1.00. The minimum atomic E-state index is -3.73. The fourth-order valence-corrected chi connectivity index (χ4v) is 2.34. The van der Waals surface area contributed by atoms with Gasteiger partial charge in [-0.25, -0.2) is 0 Å². The Bertz CT molecular complexity index is 235. The Morgan fingerprint density at radius 1 is 0.765 bits per heavy atom. The molecule has 0 amide bonds. The Kier molecular flexibility index (Phi) is 14.0. The van der Waals surface area contributed by atoms with Gasteiger partial charge in [0.2, 0.25) is 0 Å². The molecule has 0 rings (SSSR count). The largest absolute Gasteiger partial charge is 0.286 e. The first kappa shape index (κ1) is 19.3. The van der Waals surface area contributed by atoms with Gasteiger partial charge in [0.15, 0.2) is 0 Å². The third kappa shape index (κ3) is 18.5. The number of unbranched alkanes of at least 4 members (excludes halogenated alkanes) is 9. The van der Waals surface area contributed by atoms with Crippen LogP contribution >= 0.6 is 0 Å². The van der Waals surface area contributed by atoms with Crippen LogP contribution in [0.15, 0.2) is 0 Å². The van der Waals surface area contributed by atoms with E-state index in [0.717, 1.165) is 12.8 Å². The molecule has 0 aromatic carbocycles. The van der Waals surface area contributed by atoms with E-state index in [1.165, 1.54) is 44.9 Å². The van der Waals surface area contributed by atoms with Crippen molar-refractivity contribution in [3.8, 4) is 0 Å². The summed E-state index contributed by atoms with van der Waals surface area (Å²) >= 11 is 0. The van der Waals surface area contributed by atoms with Gasteiger partial charge in [0.05, 0.1) is 5.75 Å². The van der Waals surface area contributed by atoms with E-state index in [2.05, 4.69) is 6.92 Å². The van der Waals surface area contributed by atoms with E-state index in [-0.39, 0.29) is 13.2 Å². The van der Waals surface area contributed by atoms with Gasteiger partial charge in [-0.05, 0) is 6.42 Å². The maximum atomic E-state index is 10.4. The highest BCUT2D eigenvalue weighted by Crippen LogP contribution is 2.10. The average Bonchev–Trinajstić information content (AvgIpc) is 2.19. The SMILES string of the molecule is C.CCCCCCCCCCCCS(=O)(=O)O. The minimum absolute atomic E-state index is 0. The van der Waals surface area contributed by atoms with Crippen LogP contribution in [0.1, 0.15) is 78.6 Å². The Hall–Kier alpha value is -0.0900. The molecular weight excluding hydrogens is 236 g/mol. The van der Waals surface area contributed by atoms with Crippen LogP contribution in [0, 0.1) is 0 Å². The van der Waals surface area contributed by atoms with Crippen LogP contribution < -0.4 is 0 Å². The summed E-state index contributed by atoms with van der Waals surface area (Å²) in [7, 11) is -3.73. The van der Waals surface area contributed by atoms with Crippen molar-refractivity contribution in [2.24, 2.45) is 0 Å².